The number of hydrogen-bond acceptors (Lipinski definition) is 10. The third-order valence-electron chi connectivity index (χ3n) is 10.9. The van der Waals surface area contributed by atoms with Crippen LogP contribution in [0.25, 0.3) is 32.0 Å². The smallest absolute Gasteiger partial charge is 0.276 e. The second-order valence-electron chi connectivity index (χ2n) is 14.0. The van der Waals surface area contributed by atoms with E-state index in [0.29, 0.717) is 80.3 Å². The molecule has 1 amide bonds. The maximum absolute atomic E-state index is 15.7. The predicted molar refractivity (Wildman–Crippen MR) is 195 cm³/mol. The number of thiophene rings is 1. The van der Waals surface area contributed by atoms with Gasteiger partial charge in [0.25, 0.3) is 11.8 Å². The Hall–Kier alpha value is -5.14. The monoisotopic (exact) mass is 752 g/mol. The first-order chi connectivity index (χ1) is 25.7. The molecular weight excluding hydrogens is 722 g/mol. The van der Waals surface area contributed by atoms with Gasteiger partial charge in [-0.15, -0.1) is 21.5 Å². The number of alkyl halides is 2. The van der Waals surface area contributed by atoms with Crippen LogP contribution < -0.4 is 14.8 Å². The number of rotatable bonds is 7. The van der Waals surface area contributed by atoms with E-state index in [1.54, 1.807) is 31.3 Å². The van der Waals surface area contributed by atoms with E-state index in [2.05, 4.69) is 20.5 Å². The molecule has 268 valence electrons. The summed E-state index contributed by atoms with van der Waals surface area (Å²) in [5, 5.41) is 13.1. The lowest BCUT2D eigenvalue weighted by Gasteiger charge is -2.22. The number of aryl methyl sites for hydroxylation is 1. The molecule has 6 aromatic rings. The maximum Gasteiger partial charge on any atom is 0.276 e. The average molecular weight is 753 g/mol. The van der Waals surface area contributed by atoms with Gasteiger partial charge < -0.3 is 24.1 Å². The van der Waals surface area contributed by atoms with Crippen molar-refractivity contribution in [3.05, 3.63) is 99.3 Å². The van der Waals surface area contributed by atoms with Crippen LogP contribution >= 0.6 is 22.9 Å². The van der Waals surface area contributed by atoms with Crippen LogP contribution in [0.15, 0.2) is 59.1 Å². The van der Waals surface area contributed by atoms with Crippen LogP contribution in [0, 0.1) is 6.92 Å². The largest absolute Gasteiger partial charge is 0.496 e. The van der Waals surface area contributed by atoms with Gasteiger partial charge in [0.15, 0.2) is 0 Å². The van der Waals surface area contributed by atoms with Gasteiger partial charge in [-0.25, -0.2) is 13.8 Å². The number of benzene rings is 2. The Morgan fingerprint density at radius 1 is 1.11 bits per heavy atom. The fourth-order valence-electron chi connectivity index (χ4n) is 8.53. The summed E-state index contributed by atoms with van der Waals surface area (Å²) in [7, 11) is 1.49. The highest BCUT2D eigenvalue weighted by Crippen LogP contribution is 2.53. The Labute approximate surface area is 311 Å². The Morgan fingerprint density at radius 3 is 2.83 bits per heavy atom. The molecule has 4 aliphatic rings. The van der Waals surface area contributed by atoms with Gasteiger partial charge in [-0.2, -0.15) is 0 Å². The van der Waals surface area contributed by atoms with E-state index >= 15 is 8.78 Å². The number of nitrogens with one attached hydrogen (secondary N) is 1. The third kappa shape index (κ3) is 5.03. The molecule has 53 heavy (non-hydrogen) atoms. The first-order valence-corrected chi connectivity index (χ1v) is 18.7. The molecule has 14 heteroatoms. The van der Waals surface area contributed by atoms with Crippen LogP contribution in [-0.4, -0.2) is 57.2 Å². The quantitative estimate of drug-likeness (QED) is 0.171. The van der Waals surface area contributed by atoms with E-state index in [-0.39, 0.29) is 23.8 Å². The van der Waals surface area contributed by atoms with Crippen molar-refractivity contribution in [3.8, 4) is 33.4 Å². The minimum absolute atomic E-state index is 0.0442. The Kier molecular flexibility index (Phi) is 7.32. The van der Waals surface area contributed by atoms with Crippen LogP contribution in [0.4, 0.5) is 14.6 Å². The molecule has 7 heterocycles. The van der Waals surface area contributed by atoms with Gasteiger partial charge in [-0.1, -0.05) is 29.8 Å². The van der Waals surface area contributed by atoms with Crippen LogP contribution in [0.3, 0.4) is 0 Å². The first-order valence-electron chi connectivity index (χ1n) is 17.5. The standard InChI is InChI=1S/C39H31ClF2N6O4S/c1-18-46-47-37(52-18)30-25(13-20-17-51-28-15-21(40)8-9-22(20)28)44-33-26-6-4-12-48(26)38(49)32(33)31(30)29-14-19-10-11-43-36(34(19)53-29)45-35-23-5-3-7-27(50-2)24(23)16-39(35,41)42/h3,5,7-11,14-15,20,26,35H,4,6,12-13,16-17H2,1-2H3,(H,43,45)/t20-,26?,35?/m1/s1. The number of hydrogen-bond donors (Lipinski definition) is 1. The first kappa shape index (κ1) is 32.5. The van der Waals surface area contributed by atoms with Gasteiger partial charge in [0.05, 0.1) is 47.0 Å². The van der Waals surface area contributed by atoms with Gasteiger partial charge in [0, 0.05) is 65.0 Å². The number of amides is 1. The minimum atomic E-state index is -3.09. The molecule has 1 N–H and O–H groups in total. The number of halogens is 3. The zero-order chi connectivity index (χ0) is 36.2. The molecule has 0 saturated carbocycles. The predicted octanol–water partition coefficient (Wildman–Crippen LogP) is 8.73. The Balaban J connectivity index is 1.15. The molecule has 1 fully saturated rings. The number of carbonyl (C=O) groups is 1. The molecule has 3 atom stereocenters. The van der Waals surface area contributed by atoms with E-state index in [1.807, 2.05) is 35.2 Å². The highest BCUT2D eigenvalue weighted by molar-refractivity contribution is 7.23. The Morgan fingerprint density at radius 2 is 2.00 bits per heavy atom. The molecule has 0 bridgehead atoms. The summed E-state index contributed by atoms with van der Waals surface area (Å²) in [5.74, 6) is -1.10. The average Bonchev–Trinajstić information content (AvgIpc) is 3.99. The van der Waals surface area contributed by atoms with Gasteiger partial charge in [-0.05, 0) is 54.1 Å². The summed E-state index contributed by atoms with van der Waals surface area (Å²) >= 11 is 7.67. The number of carbonyl (C=O) groups excluding carboxylic acids is 1. The molecule has 0 radical (unpaired) electrons. The zero-order valence-electron chi connectivity index (χ0n) is 28.6. The number of aromatic nitrogens is 4. The number of pyridine rings is 2. The molecule has 3 aliphatic heterocycles. The van der Waals surface area contributed by atoms with Crippen molar-refractivity contribution in [2.45, 2.75) is 56.5 Å². The highest BCUT2D eigenvalue weighted by Gasteiger charge is 2.49. The lowest BCUT2D eigenvalue weighted by atomic mass is 9.89. The molecule has 1 saturated heterocycles. The molecule has 2 unspecified atom stereocenters. The van der Waals surface area contributed by atoms with E-state index in [0.717, 1.165) is 40.1 Å². The number of ether oxygens (including phenoxy) is 2. The van der Waals surface area contributed by atoms with E-state index in [4.69, 9.17) is 30.5 Å². The van der Waals surface area contributed by atoms with Gasteiger partial charge in [0.1, 0.15) is 23.4 Å². The third-order valence-corrected chi connectivity index (χ3v) is 12.3. The topological polar surface area (TPSA) is 116 Å². The second kappa shape index (κ2) is 11.9. The summed E-state index contributed by atoms with van der Waals surface area (Å²) in [6.07, 6.45) is 3.34. The van der Waals surface area contributed by atoms with Crippen molar-refractivity contribution in [1.29, 1.82) is 0 Å². The maximum atomic E-state index is 15.7. The van der Waals surface area contributed by atoms with Crippen LogP contribution in [0.1, 0.15) is 75.2 Å². The highest BCUT2D eigenvalue weighted by atomic mass is 35.5. The summed E-state index contributed by atoms with van der Waals surface area (Å²) in [5.41, 5.74) is 5.17. The number of fused-ring (bicyclic) bond motifs is 6. The van der Waals surface area contributed by atoms with E-state index in [1.165, 1.54) is 18.4 Å². The zero-order valence-corrected chi connectivity index (χ0v) is 30.2. The van der Waals surface area contributed by atoms with Crippen LogP contribution in [0.5, 0.6) is 11.5 Å². The number of nitrogens with zero attached hydrogens (tertiary/aromatic N) is 5. The van der Waals surface area contributed by atoms with Crippen molar-refractivity contribution in [2.75, 3.05) is 25.6 Å². The fraction of sp³-hybridized carbons (Fsp3) is 0.308. The molecule has 2 aromatic carbocycles. The van der Waals surface area contributed by atoms with Crippen molar-refractivity contribution < 1.29 is 27.5 Å². The van der Waals surface area contributed by atoms with E-state index < -0.39 is 18.4 Å². The van der Waals surface area contributed by atoms with Crippen LogP contribution in [-0.2, 0) is 12.8 Å². The molecular formula is C39H31ClF2N6O4S. The minimum Gasteiger partial charge on any atom is -0.496 e. The Bertz CT molecular complexity index is 2500. The summed E-state index contributed by atoms with van der Waals surface area (Å²) in [6, 6.07) is 13.2. The summed E-state index contributed by atoms with van der Waals surface area (Å²) < 4.78 is 49.7. The molecule has 1 aliphatic carbocycles. The second-order valence-corrected chi connectivity index (χ2v) is 15.5. The van der Waals surface area contributed by atoms with Crippen molar-refractivity contribution >= 4 is 44.7 Å². The SMILES string of the molecule is COc1cccc2c1CC(F)(F)C2Nc1nccc2cc(-c3c4c(nc(C[C@@H]5COc6cc(Cl)ccc65)c3-c3nnc(C)o3)C3CCCN3C4=O)sc12. The molecule has 10 nitrogen and oxygen atoms in total. The fourth-order valence-corrected chi connectivity index (χ4v) is 9.86. The lowest BCUT2D eigenvalue weighted by Crippen LogP contribution is -2.28. The summed E-state index contributed by atoms with van der Waals surface area (Å²) in [6.45, 7) is 2.80. The van der Waals surface area contributed by atoms with Crippen molar-refractivity contribution in [1.82, 2.24) is 25.1 Å². The summed E-state index contributed by atoms with van der Waals surface area (Å²) in [4.78, 5) is 26.8. The molecule has 4 aromatic heterocycles. The van der Waals surface area contributed by atoms with E-state index in [9.17, 15) is 4.79 Å². The molecule has 0 spiro atoms. The van der Waals surface area contributed by atoms with Gasteiger partial charge >= 0.3 is 0 Å². The van der Waals surface area contributed by atoms with Crippen molar-refractivity contribution in [3.63, 3.8) is 0 Å². The molecule has 10 rings (SSSR count). The number of anilines is 1. The van der Waals surface area contributed by atoms with Crippen LogP contribution in [0.2, 0.25) is 5.02 Å². The van der Waals surface area contributed by atoms with Gasteiger partial charge in [-0.3, -0.25) is 9.78 Å². The normalized spacial score (nSPS) is 20.7. The van der Waals surface area contributed by atoms with Gasteiger partial charge in [0.2, 0.25) is 11.8 Å². The lowest BCUT2D eigenvalue weighted by molar-refractivity contribution is -0.00734. The number of methoxy groups -OCH3 is 1. The van der Waals surface area contributed by atoms with Crippen molar-refractivity contribution in [2.24, 2.45) is 0 Å².